The number of nitrogens with zero attached hydrogens (tertiary/aromatic N) is 6. The smallest absolute Gasteiger partial charge is 0.282 e. The number of benzene rings is 1. The molecule has 3 aliphatic rings. The van der Waals surface area contributed by atoms with E-state index in [0.29, 0.717) is 49.4 Å². The number of sulfonamides is 1. The van der Waals surface area contributed by atoms with Gasteiger partial charge in [0.2, 0.25) is 5.91 Å². The molecule has 0 bridgehead atoms. The minimum atomic E-state index is -3.94. The van der Waals surface area contributed by atoms with Gasteiger partial charge in [-0.25, -0.2) is 23.4 Å². The molecule has 3 aliphatic heterocycles. The predicted molar refractivity (Wildman–Crippen MR) is 165 cm³/mol. The molecule has 228 valence electrons. The molecule has 1 unspecified atom stereocenters. The summed E-state index contributed by atoms with van der Waals surface area (Å²) >= 11 is 8.68. The van der Waals surface area contributed by atoms with Gasteiger partial charge in [-0.3, -0.25) is 9.59 Å². The Bertz CT molecular complexity index is 1560. The lowest BCUT2D eigenvalue weighted by Crippen LogP contribution is -2.57. The molecule has 0 N–H and O–H groups in total. The maximum Gasteiger partial charge on any atom is 0.282 e. The Labute approximate surface area is 264 Å². The highest BCUT2D eigenvalue weighted by Crippen LogP contribution is 2.35. The summed E-state index contributed by atoms with van der Waals surface area (Å²) < 4.78 is 35.7. The number of hydrogen-bond donors (Lipinski definition) is 0. The van der Waals surface area contributed by atoms with Crippen LogP contribution in [0.4, 0.5) is 0 Å². The Morgan fingerprint density at radius 2 is 1.76 bits per heavy atom. The molecule has 42 heavy (non-hydrogen) atoms. The number of rotatable bonds is 5. The van der Waals surface area contributed by atoms with Crippen LogP contribution in [0.25, 0.3) is 10.1 Å². The number of carbonyl (C=O) groups excluding carboxylic acids is 2. The van der Waals surface area contributed by atoms with Gasteiger partial charge in [-0.15, -0.1) is 35.1 Å². The first-order chi connectivity index (χ1) is 19.6. The molecule has 1 aromatic carbocycles. The monoisotopic (exact) mass is 674 g/mol. The molecule has 5 heterocycles. The van der Waals surface area contributed by atoms with E-state index in [1.54, 1.807) is 34.1 Å². The van der Waals surface area contributed by atoms with Gasteiger partial charge in [0.05, 0.1) is 31.5 Å². The first-order valence-electron chi connectivity index (χ1n) is 13.4. The van der Waals surface area contributed by atoms with Crippen LogP contribution in [0.15, 0.2) is 28.5 Å². The number of aromatic nitrogens is 1. The fraction of sp³-hybridized carbons (Fsp3) is 0.500. The topological polar surface area (TPSA) is 107 Å². The maximum absolute atomic E-state index is 14.0. The number of hydrogen-bond acceptors (Lipinski definition) is 10. The summed E-state index contributed by atoms with van der Waals surface area (Å²) in [6.07, 6.45) is -0.0241. The summed E-state index contributed by atoms with van der Waals surface area (Å²) in [5.74, 6) is -0.376. The van der Waals surface area contributed by atoms with Crippen molar-refractivity contribution in [1.29, 1.82) is 0 Å². The molecule has 0 spiro atoms. The maximum atomic E-state index is 14.0. The standard InChI is InChI=1S/C26H31ClN6O5S3.ClH/c1-29-15-20-22(16-30(29)2)40-25(28-20)26(35)32-5-6-33(19(14-32)13-23(34)31-7-9-38-10-8-31)41(36,37)24-11-17-3-4-18(27)12-21(17)39-24;/h3-4,11-12,19H,5-10,13-16H2,1-2H3;1H. The molecule has 11 nitrogen and oxygen atoms in total. The number of morpholine rings is 1. The number of carbonyl (C=O) groups is 2. The number of thiazole rings is 1. The van der Waals surface area contributed by atoms with Crippen LogP contribution in [0, 0.1) is 0 Å². The van der Waals surface area contributed by atoms with Crippen molar-refractivity contribution in [2.75, 3.05) is 60.0 Å². The molecule has 0 aliphatic carbocycles. The van der Waals surface area contributed by atoms with Gasteiger partial charge in [-0.05, 0) is 23.6 Å². The number of thiophene rings is 1. The molecule has 6 rings (SSSR count). The van der Waals surface area contributed by atoms with Crippen molar-refractivity contribution >= 4 is 78.6 Å². The second-order valence-electron chi connectivity index (χ2n) is 10.5. The molecule has 2 saturated heterocycles. The Kier molecular flexibility index (Phi) is 9.48. The van der Waals surface area contributed by atoms with E-state index < -0.39 is 16.1 Å². The Balaban J connectivity index is 0.00000353. The Morgan fingerprint density at radius 3 is 2.52 bits per heavy atom. The van der Waals surface area contributed by atoms with E-state index in [1.807, 2.05) is 14.1 Å². The first kappa shape index (κ1) is 31.5. The summed E-state index contributed by atoms with van der Waals surface area (Å²) in [7, 11) is 0.0288. The van der Waals surface area contributed by atoms with Crippen molar-refractivity contribution in [3.63, 3.8) is 0 Å². The van der Waals surface area contributed by atoms with E-state index in [0.717, 1.165) is 32.0 Å². The van der Waals surface area contributed by atoms with Crippen molar-refractivity contribution in [3.05, 3.63) is 44.9 Å². The highest BCUT2D eigenvalue weighted by Gasteiger charge is 2.41. The molecule has 1 atom stereocenters. The highest BCUT2D eigenvalue weighted by molar-refractivity contribution is 7.91. The summed E-state index contributed by atoms with van der Waals surface area (Å²) in [6, 6.07) is 6.21. The molecule has 16 heteroatoms. The largest absolute Gasteiger partial charge is 0.378 e. The SMILES string of the molecule is CN1Cc2nc(C(=O)N3CCN(S(=O)(=O)c4cc5ccc(Cl)cc5s4)C(CC(=O)N4CCOCC4)C3)sc2CN1C.Cl. The second-order valence-corrected chi connectivity index (χ2v) is 15.2. The van der Waals surface area contributed by atoms with E-state index in [9.17, 15) is 18.0 Å². The van der Waals surface area contributed by atoms with Crippen molar-refractivity contribution in [2.45, 2.75) is 29.8 Å². The molecule has 2 fully saturated rings. The van der Waals surface area contributed by atoms with E-state index in [-0.39, 0.29) is 54.5 Å². The second kappa shape index (κ2) is 12.6. The minimum absolute atomic E-state index is 0. The van der Waals surface area contributed by atoms with Crippen LogP contribution >= 0.6 is 46.7 Å². The van der Waals surface area contributed by atoms with E-state index in [2.05, 4.69) is 15.0 Å². The number of piperazine rings is 1. The van der Waals surface area contributed by atoms with Crippen molar-refractivity contribution in [1.82, 2.24) is 29.1 Å². The number of halogens is 2. The molecule has 0 saturated carbocycles. The average Bonchev–Trinajstić information content (AvgIpc) is 3.57. The van der Waals surface area contributed by atoms with Gasteiger partial charge < -0.3 is 14.5 Å². The summed E-state index contributed by atoms with van der Waals surface area (Å²) in [6.45, 7) is 3.53. The van der Waals surface area contributed by atoms with Crippen LogP contribution in [0.3, 0.4) is 0 Å². The third-order valence-electron chi connectivity index (χ3n) is 7.81. The molecule has 2 amide bonds. The number of ether oxygens (including phenoxy) is 1. The van der Waals surface area contributed by atoms with E-state index >= 15 is 0 Å². The van der Waals surface area contributed by atoms with Gasteiger partial charge in [-0.2, -0.15) is 4.31 Å². The zero-order chi connectivity index (χ0) is 28.9. The molecular formula is C26H32Cl2N6O5S3. The van der Waals surface area contributed by atoms with Crippen LogP contribution in [-0.2, 0) is 32.6 Å². The molecule has 2 aromatic heterocycles. The number of amides is 2. The van der Waals surface area contributed by atoms with Gasteiger partial charge in [0, 0.05) is 74.4 Å². The quantitative estimate of drug-likeness (QED) is 0.407. The zero-order valence-electron chi connectivity index (χ0n) is 23.2. The number of fused-ring (bicyclic) bond motifs is 2. The molecular weight excluding hydrogens is 643 g/mol. The lowest BCUT2D eigenvalue weighted by Gasteiger charge is -2.40. The first-order valence-corrected chi connectivity index (χ1v) is 16.8. The predicted octanol–water partition coefficient (Wildman–Crippen LogP) is 2.99. The van der Waals surface area contributed by atoms with Gasteiger partial charge in [-0.1, -0.05) is 17.7 Å². The average molecular weight is 676 g/mol. The lowest BCUT2D eigenvalue weighted by atomic mass is 10.1. The Hall–Kier alpha value is -1.88. The van der Waals surface area contributed by atoms with Crippen molar-refractivity contribution in [2.24, 2.45) is 0 Å². The fourth-order valence-corrected chi connectivity index (χ4v) is 9.89. The van der Waals surface area contributed by atoms with E-state index in [4.69, 9.17) is 16.3 Å². The van der Waals surface area contributed by atoms with Crippen molar-refractivity contribution < 1.29 is 22.7 Å². The zero-order valence-corrected chi connectivity index (χ0v) is 27.2. The van der Waals surface area contributed by atoms with Crippen LogP contribution in [0.2, 0.25) is 5.02 Å². The normalized spacial score (nSPS) is 20.9. The highest BCUT2D eigenvalue weighted by atomic mass is 35.5. The summed E-state index contributed by atoms with van der Waals surface area (Å²) in [4.78, 5) is 36.0. The molecule has 3 aromatic rings. The molecule has 0 radical (unpaired) electrons. The Morgan fingerprint density at radius 1 is 1.02 bits per heavy atom. The third-order valence-corrected chi connectivity index (χ3v) is 12.6. The number of hydrazine groups is 1. The van der Waals surface area contributed by atoms with Gasteiger partial charge in [0.25, 0.3) is 15.9 Å². The summed E-state index contributed by atoms with van der Waals surface area (Å²) in [5, 5.41) is 5.85. The van der Waals surface area contributed by atoms with Gasteiger partial charge in [0.15, 0.2) is 5.01 Å². The van der Waals surface area contributed by atoms with Gasteiger partial charge >= 0.3 is 0 Å². The lowest BCUT2D eigenvalue weighted by molar-refractivity contribution is -0.136. The third kappa shape index (κ3) is 6.19. The van der Waals surface area contributed by atoms with Gasteiger partial charge in [0.1, 0.15) is 4.21 Å². The van der Waals surface area contributed by atoms with Crippen LogP contribution in [0.1, 0.15) is 26.8 Å². The van der Waals surface area contributed by atoms with E-state index in [1.165, 1.54) is 15.6 Å². The van der Waals surface area contributed by atoms with Crippen LogP contribution < -0.4 is 0 Å². The van der Waals surface area contributed by atoms with Crippen LogP contribution in [0.5, 0.6) is 0 Å². The van der Waals surface area contributed by atoms with Crippen molar-refractivity contribution in [3.8, 4) is 0 Å². The van der Waals surface area contributed by atoms with Crippen LogP contribution in [-0.4, -0.2) is 115 Å². The summed E-state index contributed by atoms with van der Waals surface area (Å²) in [5.41, 5.74) is 0.893. The fourth-order valence-electron chi connectivity index (χ4n) is 5.40. The minimum Gasteiger partial charge on any atom is -0.378 e.